The zero-order valence-electron chi connectivity index (χ0n) is 13.9. The Morgan fingerprint density at radius 2 is 2.20 bits per heavy atom. The molecule has 3 rings (SSSR count). The molecule has 1 fully saturated rings. The first-order valence-corrected chi connectivity index (χ1v) is 8.63. The Labute approximate surface area is 148 Å². The van der Waals surface area contributed by atoms with Crippen LogP contribution in [0.1, 0.15) is 23.3 Å². The number of amides is 1. The van der Waals surface area contributed by atoms with E-state index in [0.29, 0.717) is 29.3 Å². The van der Waals surface area contributed by atoms with E-state index < -0.39 is 5.97 Å². The molecular weight excluding hydrogens is 344 g/mol. The molecule has 1 amide bonds. The van der Waals surface area contributed by atoms with E-state index in [9.17, 15) is 9.59 Å². The number of thiazole rings is 1. The molecule has 0 aliphatic carbocycles. The highest BCUT2D eigenvalue weighted by molar-refractivity contribution is 7.13. The molecule has 0 radical (unpaired) electrons. The van der Waals surface area contributed by atoms with Crippen LogP contribution in [0.2, 0.25) is 0 Å². The third-order valence-corrected chi connectivity index (χ3v) is 4.72. The lowest BCUT2D eigenvalue weighted by Crippen LogP contribution is -2.30. The van der Waals surface area contributed by atoms with Crippen LogP contribution in [0.25, 0.3) is 10.6 Å². The number of para-hydroxylation sites is 1. The van der Waals surface area contributed by atoms with Gasteiger partial charge in [0, 0.05) is 11.8 Å². The summed E-state index contributed by atoms with van der Waals surface area (Å²) in [7, 11) is 3.12. The molecule has 132 valence electrons. The minimum atomic E-state index is -0.509. The number of benzene rings is 1. The van der Waals surface area contributed by atoms with Gasteiger partial charge in [0.15, 0.2) is 17.2 Å². The van der Waals surface area contributed by atoms with Crippen molar-refractivity contribution in [2.45, 2.75) is 18.9 Å². The minimum absolute atomic E-state index is 0.0119. The highest BCUT2D eigenvalue weighted by atomic mass is 32.1. The number of carbonyl (C=O) groups is 2. The molecule has 0 saturated carbocycles. The second-order valence-corrected chi connectivity index (χ2v) is 6.34. The SMILES string of the molecule is COc1cccc(-c2nc(C(=O)OC[C@@H]3CCC(=O)N3)cs2)c1OC. The van der Waals surface area contributed by atoms with E-state index in [1.807, 2.05) is 12.1 Å². The molecule has 1 saturated heterocycles. The van der Waals surface area contributed by atoms with Crippen LogP contribution in [0.4, 0.5) is 0 Å². The van der Waals surface area contributed by atoms with Crippen LogP contribution in [0, 0.1) is 0 Å². The predicted molar refractivity (Wildman–Crippen MR) is 92.1 cm³/mol. The molecule has 7 nitrogen and oxygen atoms in total. The summed E-state index contributed by atoms with van der Waals surface area (Å²) >= 11 is 1.32. The lowest BCUT2D eigenvalue weighted by molar-refractivity contribution is -0.119. The average Bonchev–Trinajstić information content (AvgIpc) is 3.28. The number of ether oxygens (including phenoxy) is 3. The van der Waals surface area contributed by atoms with Crippen molar-refractivity contribution >= 4 is 23.2 Å². The maximum Gasteiger partial charge on any atom is 0.357 e. The lowest BCUT2D eigenvalue weighted by Gasteiger charge is -2.10. The zero-order valence-corrected chi connectivity index (χ0v) is 14.7. The summed E-state index contributed by atoms with van der Waals surface area (Å²) in [5.41, 5.74) is 0.975. The van der Waals surface area contributed by atoms with E-state index in [0.717, 1.165) is 5.56 Å². The molecule has 8 heteroatoms. The van der Waals surface area contributed by atoms with Crippen LogP contribution >= 0.6 is 11.3 Å². The van der Waals surface area contributed by atoms with Gasteiger partial charge < -0.3 is 19.5 Å². The average molecular weight is 362 g/mol. The molecule has 0 spiro atoms. The number of nitrogens with zero attached hydrogens (tertiary/aromatic N) is 1. The first-order chi connectivity index (χ1) is 12.1. The van der Waals surface area contributed by atoms with Crippen molar-refractivity contribution in [2.75, 3.05) is 20.8 Å². The molecule has 1 aromatic heterocycles. The van der Waals surface area contributed by atoms with Gasteiger partial charge >= 0.3 is 5.97 Å². The monoisotopic (exact) mass is 362 g/mol. The second-order valence-electron chi connectivity index (χ2n) is 5.48. The van der Waals surface area contributed by atoms with E-state index >= 15 is 0 Å². The number of methoxy groups -OCH3 is 2. The van der Waals surface area contributed by atoms with E-state index in [2.05, 4.69) is 10.3 Å². The first-order valence-electron chi connectivity index (χ1n) is 7.75. The van der Waals surface area contributed by atoms with Gasteiger partial charge in [-0.05, 0) is 18.6 Å². The van der Waals surface area contributed by atoms with Crippen molar-refractivity contribution in [3.63, 3.8) is 0 Å². The number of esters is 1. The Morgan fingerprint density at radius 3 is 2.88 bits per heavy atom. The largest absolute Gasteiger partial charge is 0.493 e. The van der Waals surface area contributed by atoms with E-state index in [-0.39, 0.29) is 24.2 Å². The van der Waals surface area contributed by atoms with Crippen molar-refractivity contribution in [3.8, 4) is 22.1 Å². The molecule has 2 aromatic rings. The topological polar surface area (TPSA) is 86.8 Å². The van der Waals surface area contributed by atoms with Crippen LogP contribution in [0.5, 0.6) is 11.5 Å². The van der Waals surface area contributed by atoms with Crippen molar-refractivity contribution in [2.24, 2.45) is 0 Å². The highest BCUT2D eigenvalue weighted by Gasteiger charge is 2.23. The van der Waals surface area contributed by atoms with Crippen LogP contribution in [-0.2, 0) is 9.53 Å². The van der Waals surface area contributed by atoms with Crippen LogP contribution in [0.3, 0.4) is 0 Å². The van der Waals surface area contributed by atoms with Gasteiger partial charge in [-0.1, -0.05) is 6.07 Å². The maximum absolute atomic E-state index is 12.2. The molecule has 25 heavy (non-hydrogen) atoms. The summed E-state index contributed by atoms with van der Waals surface area (Å²) in [6.07, 6.45) is 1.15. The standard InChI is InChI=1S/C17H18N2O5S/c1-22-13-5-3-4-11(15(13)23-2)16-19-12(9-25-16)17(21)24-8-10-6-7-14(20)18-10/h3-5,9-10H,6-8H2,1-2H3,(H,18,20)/t10-/m0/s1. The number of aromatic nitrogens is 1. The summed E-state index contributed by atoms with van der Waals surface area (Å²) in [6, 6.07) is 5.36. The van der Waals surface area contributed by atoms with Crippen molar-refractivity contribution in [3.05, 3.63) is 29.3 Å². The maximum atomic E-state index is 12.2. The number of rotatable bonds is 6. The number of carbonyl (C=O) groups excluding carboxylic acids is 2. The van der Waals surface area contributed by atoms with Gasteiger partial charge in [-0.3, -0.25) is 4.79 Å². The normalized spacial score (nSPS) is 16.4. The summed E-state index contributed by atoms with van der Waals surface area (Å²) < 4.78 is 15.9. The molecular formula is C17H18N2O5S. The molecule has 1 atom stereocenters. The summed E-state index contributed by atoms with van der Waals surface area (Å²) in [5.74, 6) is 0.636. The Morgan fingerprint density at radius 1 is 1.36 bits per heavy atom. The van der Waals surface area contributed by atoms with Gasteiger partial charge in [-0.2, -0.15) is 0 Å². The smallest absolute Gasteiger partial charge is 0.357 e. The number of hydrogen-bond donors (Lipinski definition) is 1. The lowest BCUT2D eigenvalue weighted by atomic mass is 10.2. The summed E-state index contributed by atoms with van der Waals surface area (Å²) in [6.45, 7) is 0.153. The molecule has 1 aliphatic rings. The number of hydrogen-bond acceptors (Lipinski definition) is 7. The summed E-state index contributed by atoms with van der Waals surface area (Å²) in [4.78, 5) is 27.7. The van der Waals surface area contributed by atoms with Gasteiger partial charge in [0.05, 0.1) is 25.8 Å². The van der Waals surface area contributed by atoms with Gasteiger partial charge in [0.2, 0.25) is 5.91 Å². The van der Waals surface area contributed by atoms with Crippen LogP contribution < -0.4 is 14.8 Å². The molecule has 1 aliphatic heterocycles. The second kappa shape index (κ2) is 7.52. The Hall–Kier alpha value is -2.61. The molecule has 1 N–H and O–H groups in total. The van der Waals surface area contributed by atoms with E-state index in [4.69, 9.17) is 14.2 Å². The minimum Gasteiger partial charge on any atom is -0.493 e. The van der Waals surface area contributed by atoms with Crippen molar-refractivity contribution < 1.29 is 23.8 Å². The Bertz CT molecular complexity index is 789. The van der Waals surface area contributed by atoms with Crippen molar-refractivity contribution in [1.82, 2.24) is 10.3 Å². The van der Waals surface area contributed by atoms with Crippen molar-refractivity contribution in [1.29, 1.82) is 0 Å². The van der Waals surface area contributed by atoms with Crippen LogP contribution in [-0.4, -0.2) is 43.7 Å². The molecule has 1 aromatic carbocycles. The van der Waals surface area contributed by atoms with Gasteiger partial charge in [0.1, 0.15) is 11.6 Å². The third kappa shape index (κ3) is 3.74. The fraction of sp³-hybridized carbons (Fsp3) is 0.353. The van der Waals surface area contributed by atoms with E-state index in [1.165, 1.54) is 11.3 Å². The molecule has 2 heterocycles. The summed E-state index contributed by atoms with van der Waals surface area (Å²) in [5, 5.41) is 5.03. The molecule has 0 bridgehead atoms. The first kappa shape index (κ1) is 17.2. The van der Waals surface area contributed by atoms with Gasteiger partial charge in [-0.15, -0.1) is 11.3 Å². The fourth-order valence-corrected chi connectivity index (χ4v) is 3.41. The zero-order chi connectivity index (χ0) is 17.8. The highest BCUT2D eigenvalue weighted by Crippen LogP contribution is 2.39. The van der Waals surface area contributed by atoms with Crippen LogP contribution in [0.15, 0.2) is 23.6 Å². The quantitative estimate of drug-likeness (QED) is 0.793. The fourth-order valence-electron chi connectivity index (χ4n) is 2.60. The van der Waals surface area contributed by atoms with E-state index in [1.54, 1.807) is 25.7 Å². The molecule has 0 unspecified atom stereocenters. The Balaban J connectivity index is 1.72. The van der Waals surface area contributed by atoms with Gasteiger partial charge in [-0.25, -0.2) is 9.78 Å². The Kier molecular flexibility index (Phi) is 5.18. The van der Waals surface area contributed by atoms with Gasteiger partial charge in [0.25, 0.3) is 0 Å². The predicted octanol–water partition coefficient (Wildman–Crippen LogP) is 2.26. The number of nitrogens with one attached hydrogen (secondary N) is 1. The third-order valence-electron chi connectivity index (χ3n) is 3.85.